The maximum Gasteiger partial charge on any atom is 0.326 e. The first-order valence-corrected chi connectivity index (χ1v) is 7.09. The minimum absolute atomic E-state index is 0.163. The van der Waals surface area contributed by atoms with Gasteiger partial charge in [-0.3, -0.25) is 4.79 Å². The number of aliphatic carboxylic acids is 1. The zero-order chi connectivity index (χ0) is 16.3. The van der Waals surface area contributed by atoms with E-state index in [0.29, 0.717) is 11.1 Å². The van der Waals surface area contributed by atoms with Crippen molar-refractivity contribution in [1.82, 2.24) is 5.32 Å². The van der Waals surface area contributed by atoms with Crippen LogP contribution in [0.2, 0.25) is 0 Å². The average Bonchev–Trinajstić information content (AvgIpc) is 2.82. The SMILES string of the molecule is C/C=C/CC(NC(=O)c1oc2c(C)cccc2c1C)C(=O)O. The van der Waals surface area contributed by atoms with Crippen molar-refractivity contribution in [3.63, 3.8) is 0 Å². The van der Waals surface area contributed by atoms with Gasteiger partial charge >= 0.3 is 5.97 Å². The first-order chi connectivity index (χ1) is 10.5. The number of hydrogen-bond donors (Lipinski definition) is 2. The Morgan fingerprint density at radius 3 is 2.68 bits per heavy atom. The first-order valence-electron chi connectivity index (χ1n) is 7.09. The topological polar surface area (TPSA) is 79.5 Å². The summed E-state index contributed by atoms with van der Waals surface area (Å²) in [6.07, 6.45) is 3.68. The lowest BCUT2D eigenvalue weighted by Gasteiger charge is -2.11. The van der Waals surface area contributed by atoms with E-state index < -0.39 is 17.9 Å². The van der Waals surface area contributed by atoms with Crippen molar-refractivity contribution >= 4 is 22.8 Å². The van der Waals surface area contributed by atoms with Crippen LogP contribution in [-0.4, -0.2) is 23.0 Å². The third kappa shape index (κ3) is 3.03. The van der Waals surface area contributed by atoms with Gasteiger partial charge in [-0.15, -0.1) is 0 Å². The molecule has 22 heavy (non-hydrogen) atoms. The fourth-order valence-corrected chi connectivity index (χ4v) is 2.32. The zero-order valence-electron chi connectivity index (χ0n) is 12.8. The third-order valence-corrected chi connectivity index (χ3v) is 3.58. The highest BCUT2D eigenvalue weighted by molar-refractivity contribution is 6.00. The predicted octanol–water partition coefficient (Wildman–Crippen LogP) is 3.20. The maximum atomic E-state index is 12.3. The number of hydrogen-bond acceptors (Lipinski definition) is 3. The zero-order valence-corrected chi connectivity index (χ0v) is 12.8. The molecule has 2 rings (SSSR count). The van der Waals surface area contributed by atoms with E-state index in [1.807, 2.05) is 25.1 Å². The average molecular weight is 301 g/mol. The number of benzene rings is 1. The molecule has 0 aliphatic rings. The van der Waals surface area contributed by atoms with Crippen molar-refractivity contribution in [3.05, 3.63) is 47.2 Å². The standard InChI is InChI=1S/C17H19NO4/c1-4-5-9-13(17(20)21)18-16(19)15-11(3)12-8-6-7-10(2)14(12)22-15/h4-8,13H,9H2,1-3H3,(H,18,19)(H,20,21)/b5-4+. The molecule has 116 valence electrons. The summed E-state index contributed by atoms with van der Waals surface area (Å²) in [7, 11) is 0. The van der Waals surface area contributed by atoms with Gasteiger partial charge in [-0.2, -0.15) is 0 Å². The van der Waals surface area contributed by atoms with E-state index in [-0.39, 0.29) is 12.2 Å². The number of aryl methyl sites for hydroxylation is 2. The Morgan fingerprint density at radius 1 is 1.36 bits per heavy atom. The largest absolute Gasteiger partial charge is 0.480 e. The van der Waals surface area contributed by atoms with Crippen LogP contribution in [0.3, 0.4) is 0 Å². The summed E-state index contributed by atoms with van der Waals surface area (Å²) in [5, 5.41) is 12.5. The van der Waals surface area contributed by atoms with Crippen LogP contribution in [0, 0.1) is 13.8 Å². The Morgan fingerprint density at radius 2 is 2.09 bits per heavy atom. The number of para-hydroxylation sites is 1. The van der Waals surface area contributed by atoms with Gasteiger partial charge in [0.1, 0.15) is 11.6 Å². The number of nitrogens with one attached hydrogen (secondary N) is 1. The van der Waals surface area contributed by atoms with Crippen molar-refractivity contribution < 1.29 is 19.1 Å². The molecular formula is C17H19NO4. The summed E-state index contributed by atoms with van der Waals surface area (Å²) in [5.74, 6) is -1.42. The normalized spacial score (nSPS) is 12.7. The lowest BCUT2D eigenvalue weighted by atomic mass is 10.1. The van der Waals surface area contributed by atoms with Crippen LogP contribution in [0.1, 0.15) is 35.0 Å². The van der Waals surface area contributed by atoms with Crippen molar-refractivity contribution in [2.75, 3.05) is 0 Å². The Bertz CT molecular complexity index is 742. The summed E-state index contributed by atoms with van der Waals surface area (Å²) >= 11 is 0. The van der Waals surface area contributed by atoms with Crippen molar-refractivity contribution in [3.8, 4) is 0 Å². The number of amides is 1. The maximum absolute atomic E-state index is 12.3. The molecule has 0 saturated carbocycles. The second kappa shape index (κ2) is 6.47. The van der Waals surface area contributed by atoms with E-state index in [0.717, 1.165) is 10.9 Å². The minimum atomic E-state index is -1.07. The van der Waals surface area contributed by atoms with E-state index in [1.165, 1.54) is 0 Å². The van der Waals surface area contributed by atoms with Gasteiger partial charge in [0.25, 0.3) is 5.91 Å². The number of furan rings is 1. The molecule has 1 aromatic carbocycles. The van der Waals surface area contributed by atoms with Crippen LogP contribution in [0.4, 0.5) is 0 Å². The molecule has 1 aromatic heterocycles. The summed E-state index contributed by atoms with van der Waals surface area (Å²) in [4.78, 5) is 23.5. The molecule has 2 N–H and O–H groups in total. The number of carbonyl (C=O) groups is 2. The van der Waals surface area contributed by atoms with E-state index in [9.17, 15) is 9.59 Å². The molecule has 1 amide bonds. The first kappa shape index (κ1) is 15.8. The summed E-state index contributed by atoms with van der Waals surface area (Å²) in [5.41, 5.74) is 2.31. The molecule has 0 radical (unpaired) electrons. The summed E-state index contributed by atoms with van der Waals surface area (Å²) < 4.78 is 5.65. The van der Waals surface area contributed by atoms with E-state index in [2.05, 4.69) is 5.32 Å². The van der Waals surface area contributed by atoms with E-state index in [4.69, 9.17) is 9.52 Å². The number of rotatable bonds is 5. The fraction of sp³-hybridized carbons (Fsp3) is 0.294. The van der Waals surface area contributed by atoms with Crippen LogP contribution in [0.25, 0.3) is 11.0 Å². The number of allylic oxidation sites excluding steroid dienone is 1. The number of carboxylic acids is 1. The van der Waals surface area contributed by atoms with Gasteiger partial charge in [-0.05, 0) is 32.8 Å². The van der Waals surface area contributed by atoms with Crippen molar-refractivity contribution in [1.29, 1.82) is 0 Å². The Hall–Kier alpha value is -2.56. The molecule has 0 saturated heterocycles. The second-order valence-electron chi connectivity index (χ2n) is 5.18. The van der Waals surface area contributed by atoms with E-state index >= 15 is 0 Å². The lowest BCUT2D eigenvalue weighted by molar-refractivity contribution is -0.139. The van der Waals surface area contributed by atoms with Crippen LogP contribution in [0.5, 0.6) is 0 Å². The van der Waals surface area contributed by atoms with Crippen LogP contribution >= 0.6 is 0 Å². The number of carbonyl (C=O) groups excluding carboxylic acids is 1. The quantitative estimate of drug-likeness (QED) is 0.831. The molecule has 0 aliphatic heterocycles. The molecule has 0 fully saturated rings. The Labute approximate surface area is 128 Å². The highest BCUT2D eigenvalue weighted by atomic mass is 16.4. The second-order valence-corrected chi connectivity index (χ2v) is 5.18. The molecular weight excluding hydrogens is 282 g/mol. The van der Waals surface area contributed by atoms with Gasteiger partial charge < -0.3 is 14.8 Å². The van der Waals surface area contributed by atoms with Gasteiger partial charge in [0.05, 0.1) is 0 Å². The van der Waals surface area contributed by atoms with Crippen molar-refractivity contribution in [2.45, 2.75) is 33.2 Å². The third-order valence-electron chi connectivity index (χ3n) is 3.58. The Kier molecular flexibility index (Phi) is 4.65. The fourth-order valence-electron chi connectivity index (χ4n) is 2.32. The Balaban J connectivity index is 2.31. The molecule has 1 unspecified atom stereocenters. The summed E-state index contributed by atoms with van der Waals surface area (Å²) in [6.45, 7) is 5.49. The molecule has 1 heterocycles. The van der Waals surface area contributed by atoms with Gasteiger partial charge in [-0.25, -0.2) is 4.79 Å². The molecule has 1 atom stereocenters. The number of carboxylic acid groups (broad SMARTS) is 1. The van der Waals surface area contributed by atoms with Crippen LogP contribution in [-0.2, 0) is 4.79 Å². The molecule has 2 aromatic rings. The molecule has 0 aliphatic carbocycles. The molecule has 5 nitrogen and oxygen atoms in total. The molecule has 0 spiro atoms. The predicted molar refractivity (Wildman–Crippen MR) is 84.0 cm³/mol. The molecule has 5 heteroatoms. The van der Waals surface area contributed by atoms with E-state index in [1.54, 1.807) is 26.0 Å². The monoisotopic (exact) mass is 301 g/mol. The van der Waals surface area contributed by atoms with Gasteiger partial charge in [0.15, 0.2) is 5.76 Å². The lowest BCUT2D eigenvalue weighted by Crippen LogP contribution is -2.40. The highest BCUT2D eigenvalue weighted by Gasteiger charge is 2.24. The molecule has 0 bridgehead atoms. The van der Waals surface area contributed by atoms with Crippen molar-refractivity contribution in [2.24, 2.45) is 0 Å². The summed E-state index contributed by atoms with van der Waals surface area (Å²) in [6, 6.07) is 4.71. The highest BCUT2D eigenvalue weighted by Crippen LogP contribution is 2.27. The minimum Gasteiger partial charge on any atom is -0.480 e. The van der Waals surface area contributed by atoms with Crippen LogP contribution in [0.15, 0.2) is 34.8 Å². The number of fused-ring (bicyclic) bond motifs is 1. The van der Waals surface area contributed by atoms with Gasteiger partial charge in [0, 0.05) is 10.9 Å². The van der Waals surface area contributed by atoms with Gasteiger partial charge in [0.2, 0.25) is 0 Å². The smallest absolute Gasteiger partial charge is 0.326 e. The van der Waals surface area contributed by atoms with Gasteiger partial charge in [-0.1, -0.05) is 30.4 Å². The van der Waals surface area contributed by atoms with Crippen LogP contribution < -0.4 is 5.32 Å².